The van der Waals surface area contributed by atoms with Crippen molar-refractivity contribution in [2.45, 2.75) is 6.92 Å². The molecule has 0 fully saturated rings. The molecule has 0 saturated heterocycles. The monoisotopic (exact) mass is 177 g/mol. The summed E-state index contributed by atoms with van der Waals surface area (Å²) in [4.78, 5) is 4.96. The number of nitrogens with two attached hydrogens (primary N) is 1. The van der Waals surface area contributed by atoms with Crippen molar-refractivity contribution in [1.29, 1.82) is 5.26 Å². The van der Waals surface area contributed by atoms with Crippen molar-refractivity contribution < 1.29 is 4.84 Å². The Labute approximate surface area is 76.9 Å². The number of hydrogen-bond acceptors (Lipinski definition) is 4. The van der Waals surface area contributed by atoms with Gasteiger partial charge in [-0.05, 0) is 25.1 Å². The number of benzene rings is 1. The number of hydrogen-bond donors (Lipinski definition) is 2. The number of nitrogen functional groups attached to an aromatic ring is 1. The molecule has 0 aliphatic carbocycles. The van der Waals surface area contributed by atoms with Crippen molar-refractivity contribution in [3.63, 3.8) is 0 Å². The summed E-state index contributed by atoms with van der Waals surface area (Å²) in [5, 5.41) is 8.57. The first-order valence-electron chi connectivity index (χ1n) is 3.95. The summed E-state index contributed by atoms with van der Waals surface area (Å²) in [5.41, 5.74) is 10.1. The van der Waals surface area contributed by atoms with Crippen LogP contribution in [0.15, 0.2) is 18.2 Å². The van der Waals surface area contributed by atoms with E-state index in [9.17, 15) is 0 Å². The van der Waals surface area contributed by atoms with Gasteiger partial charge in [-0.25, -0.2) is 0 Å². The van der Waals surface area contributed by atoms with Crippen molar-refractivity contribution in [2.75, 3.05) is 17.8 Å². The van der Waals surface area contributed by atoms with Crippen LogP contribution in [0.25, 0.3) is 0 Å². The van der Waals surface area contributed by atoms with Gasteiger partial charge in [0.25, 0.3) is 0 Å². The second kappa shape index (κ2) is 4.33. The summed E-state index contributed by atoms with van der Waals surface area (Å²) in [7, 11) is 0. The van der Waals surface area contributed by atoms with E-state index in [4.69, 9.17) is 15.8 Å². The normalized spacial score (nSPS) is 9.23. The predicted molar refractivity (Wildman–Crippen MR) is 50.8 cm³/mol. The van der Waals surface area contributed by atoms with Crippen molar-refractivity contribution >= 4 is 11.4 Å². The lowest BCUT2D eigenvalue weighted by atomic mass is 10.2. The van der Waals surface area contributed by atoms with E-state index < -0.39 is 0 Å². The second-order valence-electron chi connectivity index (χ2n) is 2.45. The molecule has 0 aromatic heterocycles. The number of nitrogens with zero attached hydrogens (tertiary/aromatic N) is 1. The molecule has 3 N–H and O–H groups in total. The van der Waals surface area contributed by atoms with Crippen LogP contribution >= 0.6 is 0 Å². The predicted octanol–water partition coefficient (Wildman–Crippen LogP) is 1.50. The zero-order valence-electron chi connectivity index (χ0n) is 7.37. The van der Waals surface area contributed by atoms with Crippen LogP contribution < -0.4 is 11.2 Å². The molecule has 1 aromatic carbocycles. The highest BCUT2D eigenvalue weighted by Gasteiger charge is 1.99. The highest BCUT2D eigenvalue weighted by molar-refractivity contribution is 5.67. The van der Waals surface area contributed by atoms with Gasteiger partial charge in [-0.15, -0.1) is 0 Å². The summed E-state index contributed by atoms with van der Waals surface area (Å²) in [6.07, 6.45) is 0. The van der Waals surface area contributed by atoms with E-state index in [1.807, 2.05) is 13.0 Å². The molecule has 0 amide bonds. The number of anilines is 2. The molecule has 0 aliphatic heterocycles. The maximum absolute atomic E-state index is 8.57. The number of nitrogens with one attached hydrogen (secondary N) is 1. The van der Waals surface area contributed by atoms with E-state index in [1.165, 1.54) is 0 Å². The maximum atomic E-state index is 8.57. The average molecular weight is 177 g/mol. The lowest BCUT2D eigenvalue weighted by Crippen LogP contribution is -2.03. The first-order valence-corrected chi connectivity index (χ1v) is 3.95. The van der Waals surface area contributed by atoms with Crippen molar-refractivity contribution in [2.24, 2.45) is 0 Å². The van der Waals surface area contributed by atoms with Crippen molar-refractivity contribution in [3.8, 4) is 6.07 Å². The van der Waals surface area contributed by atoms with Crippen molar-refractivity contribution in [1.82, 2.24) is 0 Å². The van der Waals surface area contributed by atoms with Gasteiger partial charge in [0.1, 0.15) is 0 Å². The lowest BCUT2D eigenvalue weighted by molar-refractivity contribution is 0.211. The van der Waals surface area contributed by atoms with Gasteiger partial charge < -0.3 is 5.73 Å². The van der Waals surface area contributed by atoms with Gasteiger partial charge >= 0.3 is 0 Å². The largest absolute Gasteiger partial charge is 0.397 e. The fourth-order valence-corrected chi connectivity index (χ4v) is 0.875. The Kier molecular flexibility index (Phi) is 3.12. The van der Waals surface area contributed by atoms with Crippen LogP contribution in [0.2, 0.25) is 0 Å². The Balaban J connectivity index is 2.81. The van der Waals surface area contributed by atoms with E-state index in [2.05, 4.69) is 5.48 Å². The summed E-state index contributed by atoms with van der Waals surface area (Å²) >= 11 is 0. The van der Waals surface area contributed by atoms with Gasteiger partial charge in [0.15, 0.2) is 0 Å². The van der Waals surface area contributed by atoms with Gasteiger partial charge in [-0.2, -0.15) is 5.26 Å². The Bertz CT molecular complexity index is 330. The third-order valence-corrected chi connectivity index (χ3v) is 1.51. The third-order valence-electron chi connectivity index (χ3n) is 1.51. The van der Waals surface area contributed by atoms with Gasteiger partial charge in [0.2, 0.25) is 0 Å². The summed E-state index contributed by atoms with van der Waals surface area (Å²) in [5.74, 6) is 0. The first kappa shape index (κ1) is 9.36. The molecule has 0 atom stereocenters. The minimum Gasteiger partial charge on any atom is -0.397 e. The first-order chi connectivity index (χ1) is 6.27. The van der Waals surface area contributed by atoms with Crippen LogP contribution in [0, 0.1) is 11.3 Å². The molecule has 0 radical (unpaired) electrons. The van der Waals surface area contributed by atoms with Crippen LogP contribution in [0.4, 0.5) is 11.4 Å². The van der Waals surface area contributed by atoms with Crippen LogP contribution in [-0.4, -0.2) is 6.61 Å². The molecule has 0 saturated carbocycles. The second-order valence-corrected chi connectivity index (χ2v) is 2.45. The highest BCUT2D eigenvalue weighted by Crippen LogP contribution is 2.19. The van der Waals surface area contributed by atoms with Crippen LogP contribution in [0.5, 0.6) is 0 Å². The molecule has 0 unspecified atom stereocenters. The maximum Gasteiger partial charge on any atom is 0.0992 e. The zero-order valence-corrected chi connectivity index (χ0v) is 7.37. The summed E-state index contributed by atoms with van der Waals surface area (Å²) in [6, 6.07) is 6.99. The number of rotatable bonds is 3. The SMILES string of the molecule is CCONc1ccc(C#N)cc1N. The molecule has 1 aromatic rings. The Hall–Kier alpha value is -1.73. The zero-order chi connectivity index (χ0) is 9.68. The molecule has 13 heavy (non-hydrogen) atoms. The average Bonchev–Trinajstić information content (AvgIpc) is 2.16. The molecule has 0 spiro atoms. The fraction of sp³-hybridized carbons (Fsp3) is 0.222. The van der Waals surface area contributed by atoms with E-state index in [0.29, 0.717) is 23.5 Å². The van der Waals surface area contributed by atoms with E-state index in [1.54, 1.807) is 18.2 Å². The molecule has 0 aliphatic rings. The van der Waals surface area contributed by atoms with Gasteiger partial charge in [0, 0.05) is 0 Å². The molecule has 0 heterocycles. The minimum absolute atomic E-state index is 0.507. The standard InChI is InChI=1S/C9H11N3O/c1-2-13-12-9-4-3-7(6-10)5-8(9)11/h3-5,12H,2,11H2,1H3. The van der Waals surface area contributed by atoms with Crippen molar-refractivity contribution in [3.05, 3.63) is 23.8 Å². The Morgan fingerprint density at radius 3 is 2.92 bits per heavy atom. The Morgan fingerprint density at radius 1 is 1.62 bits per heavy atom. The molecule has 1 rings (SSSR count). The van der Waals surface area contributed by atoms with Gasteiger partial charge in [0.05, 0.1) is 29.6 Å². The van der Waals surface area contributed by atoms with Crippen LogP contribution in [-0.2, 0) is 4.84 Å². The highest BCUT2D eigenvalue weighted by atomic mass is 16.6. The minimum atomic E-state index is 0.507. The lowest BCUT2D eigenvalue weighted by Gasteiger charge is -2.07. The topological polar surface area (TPSA) is 71.1 Å². The molecule has 4 nitrogen and oxygen atoms in total. The van der Waals surface area contributed by atoms with Gasteiger partial charge in [-0.3, -0.25) is 10.3 Å². The van der Waals surface area contributed by atoms with E-state index in [-0.39, 0.29) is 0 Å². The van der Waals surface area contributed by atoms with Crippen LogP contribution in [0.3, 0.4) is 0 Å². The van der Waals surface area contributed by atoms with E-state index >= 15 is 0 Å². The van der Waals surface area contributed by atoms with Gasteiger partial charge in [-0.1, -0.05) is 0 Å². The quantitative estimate of drug-likeness (QED) is 0.542. The third kappa shape index (κ3) is 2.36. The molecule has 4 heteroatoms. The summed E-state index contributed by atoms with van der Waals surface area (Å²) < 4.78 is 0. The van der Waals surface area contributed by atoms with Crippen LogP contribution in [0.1, 0.15) is 12.5 Å². The Morgan fingerprint density at radius 2 is 2.38 bits per heavy atom. The molecular formula is C9H11N3O. The number of nitriles is 1. The van der Waals surface area contributed by atoms with E-state index in [0.717, 1.165) is 0 Å². The molecule has 68 valence electrons. The summed E-state index contributed by atoms with van der Waals surface area (Å²) in [6.45, 7) is 2.42. The molecule has 0 bridgehead atoms. The molecular weight excluding hydrogens is 166 g/mol. The smallest absolute Gasteiger partial charge is 0.0992 e. The fourth-order valence-electron chi connectivity index (χ4n) is 0.875.